The van der Waals surface area contributed by atoms with Crippen molar-refractivity contribution < 1.29 is 19.1 Å². The van der Waals surface area contributed by atoms with Gasteiger partial charge < -0.3 is 19.3 Å². The fraction of sp³-hybridized carbons (Fsp3) is 0.435. The zero-order chi connectivity index (χ0) is 20.9. The Hall–Kier alpha value is -2.93. The van der Waals surface area contributed by atoms with E-state index in [9.17, 15) is 9.59 Å². The van der Waals surface area contributed by atoms with E-state index in [1.807, 2.05) is 36.1 Å². The number of likely N-dealkylation sites (tertiary alicyclic amines) is 1. The molecule has 2 amide bonds. The lowest BCUT2D eigenvalue weighted by Gasteiger charge is -2.32. The van der Waals surface area contributed by atoms with Gasteiger partial charge in [-0.15, -0.1) is 0 Å². The molecule has 1 aromatic carbocycles. The minimum absolute atomic E-state index is 0.0142. The van der Waals surface area contributed by atoms with Crippen molar-refractivity contribution in [3.63, 3.8) is 0 Å². The second-order valence-corrected chi connectivity index (χ2v) is 7.77. The average Bonchev–Trinajstić information content (AvgIpc) is 2.80. The van der Waals surface area contributed by atoms with Gasteiger partial charge in [-0.05, 0) is 25.1 Å². The maximum absolute atomic E-state index is 12.6. The lowest BCUT2D eigenvalue weighted by Crippen LogP contribution is -2.42. The summed E-state index contributed by atoms with van der Waals surface area (Å²) in [5.41, 5.74) is 2.42. The van der Waals surface area contributed by atoms with Crippen molar-refractivity contribution in [2.45, 2.75) is 25.9 Å². The number of nitrogens with zero attached hydrogens (tertiary/aromatic N) is 3. The van der Waals surface area contributed by atoms with Crippen LogP contribution in [0.1, 0.15) is 39.1 Å². The molecule has 2 aliphatic rings. The number of benzene rings is 1. The van der Waals surface area contributed by atoms with Crippen LogP contribution in [-0.2, 0) is 4.74 Å². The Morgan fingerprint density at radius 2 is 1.50 bits per heavy atom. The summed E-state index contributed by atoms with van der Waals surface area (Å²) in [4.78, 5) is 33.1. The Kier molecular flexibility index (Phi) is 6.28. The number of pyridine rings is 1. The molecule has 7 heteroatoms. The number of aryl methyl sites for hydroxylation is 1. The molecule has 0 N–H and O–H groups in total. The Bertz CT molecular complexity index is 868. The van der Waals surface area contributed by atoms with Crippen molar-refractivity contribution in [1.82, 2.24) is 14.8 Å². The Balaban J connectivity index is 1.28. The van der Waals surface area contributed by atoms with Crippen LogP contribution in [0.25, 0.3) is 0 Å². The van der Waals surface area contributed by atoms with Gasteiger partial charge in [0.15, 0.2) is 0 Å². The second kappa shape index (κ2) is 9.26. The Labute approximate surface area is 176 Å². The molecule has 1 aromatic heterocycles. The van der Waals surface area contributed by atoms with Crippen LogP contribution in [0, 0.1) is 6.92 Å². The van der Waals surface area contributed by atoms with Crippen molar-refractivity contribution in [3.8, 4) is 5.88 Å². The zero-order valence-electron chi connectivity index (χ0n) is 17.3. The minimum atomic E-state index is -0.0275. The van der Waals surface area contributed by atoms with E-state index in [1.165, 1.54) is 0 Å². The number of aromatic nitrogens is 1. The molecule has 158 valence electrons. The highest BCUT2D eigenvalue weighted by molar-refractivity contribution is 5.94. The minimum Gasteiger partial charge on any atom is -0.474 e. The molecule has 0 aliphatic carbocycles. The standard InChI is InChI=1S/C23H27N3O4/c1-17-2-4-18(5-3-17)22(27)25-10-8-20(9-11-25)30-21-7-6-19(16-24-21)23(28)26-12-14-29-15-13-26/h2-7,16,20H,8-15H2,1H3. The van der Waals surface area contributed by atoms with Crippen molar-refractivity contribution in [2.75, 3.05) is 39.4 Å². The summed E-state index contributed by atoms with van der Waals surface area (Å²) in [6, 6.07) is 11.2. The van der Waals surface area contributed by atoms with Crippen LogP contribution in [0.5, 0.6) is 5.88 Å². The van der Waals surface area contributed by atoms with E-state index in [0.29, 0.717) is 50.8 Å². The summed E-state index contributed by atoms with van der Waals surface area (Å²) in [6.07, 6.45) is 3.10. The number of piperidine rings is 1. The van der Waals surface area contributed by atoms with Crippen LogP contribution in [0.2, 0.25) is 0 Å². The first-order chi connectivity index (χ1) is 14.6. The molecule has 0 saturated carbocycles. The molecule has 7 nitrogen and oxygen atoms in total. The molecule has 2 saturated heterocycles. The molecule has 2 aliphatic heterocycles. The highest BCUT2D eigenvalue weighted by atomic mass is 16.5. The van der Waals surface area contributed by atoms with E-state index in [1.54, 1.807) is 23.2 Å². The highest BCUT2D eigenvalue weighted by Gasteiger charge is 2.25. The summed E-state index contributed by atoms with van der Waals surface area (Å²) in [7, 11) is 0. The summed E-state index contributed by atoms with van der Waals surface area (Å²) < 4.78 is 11.3. The smallest absolute Gasteiger partial charge is 0.255 e. The van der Waals surface area contributed by atoms with Crippen molar-refractivity contribution in [1.29, 1.82) is 0 Å². The predicted octanol–water partition coefficient (Wildman–Crippen LogP) is 2.55. The lowest BCUT2D eigenvalue weighted by molar-refractivity contribution is 0.0302. The van der Waals surface area contributed by atoms with Gasteiger partial charge in [0.1, 0.15) is 6.10 Å². The van der Waals surface area contributed by atoms with Crippen LogP contribution in [0.4, 0.5) is 0 Å². The number of carbonyl (C=O) groups is 2. The number of carbonyl (C=O) groups excluding carboxylic acids is 2. The molecule has 0 bridgehead atoms. The van der Waals surface area contributed by atoms with E-state index in [0.717, 1.165) is 24.0 Å². The Morgan fingerprint density at radius 3 is 2.13 bits per heavy atom. The fourth-order valence-corrected chi connectivity index (χ4v) is 3.75. The van der Waals surface area contributed by atoms with Gasteiger partial charge >= 0.3 is 0 Å². The van der Waals surface area contributed by atoms with Crippen LogP contribution in [0.15, 0.2) is 42.6 Å². The molecule has 3 heterocycles. The topological polar surface area (TPSA) is 72.0 Å². The summed E-state index contributed by atoms with van der Waals surface area (Å²) in [6.45, 7) is 5.69. The largest absolute Gasteiger partial charge is 0.474 e. The Morgan fingerprint density at radius 1 is 0.900 bits per heavy atom. The first-order valence-corrected chi connectivity index (χ1v) is 10.5. The van der Waals surface area contributed by atoms with Gasteiger partial charge in [-0.2, -0.15) is 0 Å². The number of hydrogen-bond acceptors (Lipinski definition) is 5. The number of ether oxygens (including phenoxy) is 2. The molecular formula is C23H27N3O4. The van der Waals surface area contributed by atoms with E-state index in [4.69, 9.17) is 9.47 Å². The average molecular weight is 409 g/mol. The summed E-state index contributed by atoms with van der Waals surface area (Å²) in [5.74, 6) is 0.551. The van der Waals surface area contributed by atoms with Gasteiger partial charge in [-0.1, -0.05) is 17.7 Å². The number of amides is 2. The third-order valence-corrected chi connectivity index (χ3v) is 5.60. The highest BCUT2D eigenvalue weighted by Crippen LogP contribution is 2.20. The monoisotopic (exact) mass is 409 g/mol. The molecule has 0 unspecified atom stereocenters. The van der Waals surface area contributed by atoms with Gasteiger partial charge in [0.25, 0.3) is 11.8 Å². The maximum Gasteiger partial charge on any atom is 0.255 e. The molecule has 0 atom stereocenters. The van der Waals surface area contributed by atoms with Gasteiger partial charge in [0, 0.05) is 56.8 Å². The number of rotatable bonds is 4. The lowest BCUT2D eigenvalue weighted by atomic mass is 10.1. The molecule has 0 spiro atoms. The van der Waals surface area contributed by atoms with Crippen LogP contribution in [0.3, 0.4) is 0 Å². The molecule has 0 radical (unpaired) electrons. The SMILES string of the molecule is Cc1ccc(C(=O)N2CCC(Oc3ccc(C(=O)N4CCOCC4)cn3)CC2)cc1. The fourth-order valence-electron chi connectivity index (χ4n) is 3.75. The summed E-state index contributed by atoms with van der Waals surface area (Å²) >= 11 is 0. The molecule has 30 heavy (non-hydrogen) atoms. The molecule has 4 rings (SSSR count). The third kappa shape index (κ3) is 4.79. The van der Waals surface area contributed by atoms with Gasteiger partial charge in [-0.25, -0.2) is 4.98 Å². The first-order valence-electron chi connectivity index (χ1n) is 10.5. The molecule has 2 aromatic rings. The molecule has 2 fully saturated rings. The van der Waals surface area contributed by atoms with Crippen molar-refractivity contribution in [2.24, 2.45) is 0 Å². The second-order valence-electron chi connectivity index (χ2n) is 7.77. The predicted molar refractivity (Wildman–Crippen MR) is 112 cm³/mol. The van der Waals surface area contributed by atoms with E-state index >= 15 is 0 Å². The molecular weight excluding hydrogens is 382 g/mol. The first kappa shape index (κ1) is 20.3. The van der Waals surface area contributed by atoms with E-state index in [-0.39, 0.29) is 17.9 Å². The zero-order valence-corrected chi connectivity index (χ0v) is 17.3. The normalized spacial score (nSPS) is 17.6. The van der Waals surface area contributed by atoms with Crippen LogP contribution >= 0.6 is 0 Å². The quantitative estimate of drug-likeness (QED) is 0.776. The maximum atomic E-state index is 12.6. The summed E-state index contributed by atoms with van der Waals surface area (Å²) in [5, 5.41) is 0. The van der Waals surface area contributed by atoms with Crippen LogP contribution in [-0.4, -0.2) is 72.1 Å². The van der Waals surface area contributed by atoms with Crippen LogP contribution < -0.4 is 4.74 Å². The van der Waals surface area contributed by atoms with Gasteiger partial charge in [0.2, 0.25) is 5.88 Å². The van der Waals surface area contributed by atoms with E-state index in [2.05, 4.69) is 4.98 Å². The van der Waals surface area contributed by atoms with Gasteiger partial charge in [-0.3, -0.25) is 9.59 Å². The van der Waals surface area contributed by atoms with E-state index < -0.39 is 0 Å². The number of morpholine rings is 1. The third-order valence-electron chi connectivity index (χ3n) is 5.60. The van der Waals surface area contributed by atoms with Gasteiger partial charge in [0.05, 0.1) is 18.8 Å². The van der Waals surface area contributed by atoms with Crippen molar-refractivity contribution >= 4 is 11.8 Å². The van der Waals surface area contributed by atoms with Crippen molar-refractivity contribution in [3.05, 3.63) is 59.3 Å². The number of hydrogen-bond donors (Lipinski definition) is 0.